The largest absolute Gasteiger partial charge is 0.491 e. The summed E-state index contributed by atoms with van der Waals surface area (Å²) in [6.45, 7) is 10.3. The van der Waals surface area contributed by atoms with Crippen molar-refractivity contribution in [1.82, 2.24) is 19.7 Å². The van der Waals surface area contributed by atoms with E-state index >= 15 is 0 Å². The fourth-order valence-corrected chi connectivity index (χ4v) is 4.74. The van der Waals surface area contributed by atoms with Crippen LogP contribution in [0.15, 0.2) is 24.3 Å². The summed E-state index contributed by atoms with van der Waals surface area (Å²) in [6.07, 6.45) is 7.61. The van der Waals surface area contributed by atoms with Crippen LogP contribution in [0.25, 0.3) is 11.0 Å². The Morgan fingerprint density at radius 2 is 1.77 bits per heavy atom. The third-order valence-corrected chi connectivity index (χ3v) is 6.79. The maximum Gasteiger partial charge on any atom is 0.264 e. The van der Waals surface area contributed by atoms with E-state index in [0.29, 0.717) is 36.6 Å². The van der Waals surface area contributed by atoms with Crippen LogP contribution >= 0.6 is 0 Å². The number of fused-ring (bicyclic) bond motifs is 1. The first-order chi connectivity index (χ1) is 19.3. The van der Waals surface area contributed by atoms with Crippen LogP contribution in [0.2, 0.25) is 0 Å². The van der Waals surface area contributed by atoms with Crippen LogP contribution in [0.5, 0.6) is 11.6 Å². The number of rotatable bonds is 17. The Hall–Kier alpha value is -3.49. The van der Waals surface area contributed by atoms with Crippen molar-refractivity contribution in [1.29, 1.82) is 0 Å². The smallest absolute Gasteiger partial charge is 0.264 e. The number of ether oxygens (including phenoxy) is 2. The van der Waals surface area contributed by atoms with Gasteiger partial charge in [-0.15, -0.1) is 0 Å². The van der Waals surface area contributed by atoms with Crippen molar-refractivity contribution in [3.8, 4) is 11.6 Å². The minimum atomic E-state index is -0.166. The van der Waals surface area contributed by atoms with Crippen molar-refractivity contribution in [3.05, 3.63) is 35.8 Å². The van der Waals surface area contributed by atoms with Crippen LogP contribution in [-0.4, -0.2) is 50.7 Å². The molecule has 40 heavy (non-hydrogen) atoms. The van der Waals surface area contributed by atoms with E-state index in [1.165, 1.54) is 0 Å². The quantitative estimate of drug-likeness (QED) is 0.190. The Kier molecular flexibility index (Phi) is 11.9. The molecule has 0 saturated carbocycles. The number of carbonyl (C=O) groups is 2. The molecule has 0 radical (unpaired) electrons. The number of carbonyl (C=O) groups excluding carboxylic acids is 2. The zero-order valence-corrected chi connectivity index (χ0v) is 25.0. The molecule has 218 valence electrons. The summed E-state index contributed by atoms with van der Waals surface area (Å²) in [4.78, 5) is 36.0. The molecule has 0 fully saturated rings. The molecule has 0 aliphatic carbocycles. The highest BCUT2D eigenvalue weighted by atomic mass is 16.5. The van der Waals surface area contributed by atoms with Gasteiger partial charge in [-0.1, -0.05) is 40.0 Å². The van der Waals surface area contributed by atoms with Gasteiger partial charge in [0.1, 0.15) is 28.4 Å². The molecule has 1 unspecified atom stereocenters. The molecule has 0 N–H and O–H groups in total. The van der Waals surface area contributed by atoms with Gasteiger partial charge in [-0.2, -0.15) is 10.1 Å². The van der Waals surface area contributed by atoms with Gasteiger partial charge in [0.05, 0.1) is 11.8 Å². The van der Waals surface area contributed by atoms with E-state index in [0.717, 1.165) is 67.6 Å². The number of ketones is 1. The summed E-state index contributed by atoms with van der Waals surface area (Å²) in [5.74, 6) is 1.84. The number of anilines is 1. The van der Waals surface area contributed by atoms with Gasteiger partial charge in [0.25, 0.3) is 5.91 Å². The van der Waals surface area contributed by atoms with E-state index in [1.807, 2.05) is 38.2 Å². The predicted molar refractivity (Wildman–Crippen MR) is 158 cm³/mol. The second-order valence-electron chi connectivity index (χ2n) is 10.4. The van der Waals surface area contributed by atoms with Gasteiger partial charge in [0, 0.05) is 32.1 Å². The van der Waals surface area contributed by atoms with Crippen molar-refractivity contribution in [2.45, 2.75) is 98.5 Å². The Morgan fingerprint density at radius 1 is 1.02 bits per heavy atom. The predicted octanol–water partition coefficient (Wildman–Crippen LogP) is 6.01. The standard InChI is InChI=1S/C31H45N5O4/c1-7-13-23(5)40-25-18-16-24(17-19-25)36(20-12-10-11-15-22(4)37)28(38)21-39-31-30-29(32-27(9-3)33-31)26(14-8-2)34-35(30)6/h16-19,23H,7-15,20-21H2,1-6H3. The number of hydrogen-bond donors (Lipinski definition) is 0. The zero-order chi connectivity index (χ0) is 29.1. The van der Waals surface area contributed by atoms with Crippen molar-refractivity contribution in [3.63, 3.8) is 0 Å². The Morgan fingerprint density at radius 3 is 2.42 bits per heavy atom. The van der Waals surface area contributed by atoms with Gasteiger partial charge >= 0.3 is 0 Å². The van der Waals surface area contributed by atoms with Crippen molar-refractivity contribution in [2.24, 2.45) is 7.05 Å². The second kappa shape index (κ2) is 15.3. The maximum absolute atomic E-state index is 13.6. The molecule has 0 bridgehead atoms. The lowest BCUT2D eigenvalue weighted by molar-refractivity contribution is -0.120. The lowest BCUT2D eigenvalue weighted by atomic mass is 10.1. The normalized spacial score (nSPS) is 11.9. The first-order valence-electron chi connectivity index (χ1n) is 14.7. The fraction of sp³-hybridized carbons (Fsp3) is 0.581. The van der Waals surface area contributed by atoms with Gasteiger partial charge in [0.15, 0.2) is 6.61 Å². The highest BCUT2D eigenvalue weighted by Gasteiger charge is 2.21. The summed E-state index contributed by atoms with van der Waals surface area (Å²) in [5.41, 5.74) is 3.18. The number of benzene rings is 1. The summed E-state index contributed by atoms with van der Waals surface area (Å²) in [6, 6.07) is 7.64. The number of unbranched alkanes of at least 4 members (excludes halogenated alkanes) is 2. The number of aromatic nitrogens is 4. The van der Waals surface area contributed by atoms with Crippen LogP contribution in [0.1, 0.15) is 91.1 Å². The molecule has 0 aliphatic heterocycles. The number of aryl methyl sites for hydroxylation is 3. The number of nitrogens with zero attached hydrogens (tertiary/aromatic N) is 5. The van der Waals surface area contributed by atoms with Gasteiger partial charge in [-0.05, 0) is 63.8 Å². The molecule has 3 rings (SSSR count). The van der Waals surface area contributed by atoms with Crippen LogP contribution in [0.3, 0.4) is 0 Å². The molecule has 9 nitrogen and oxygen atoms in total. The Labute approximate surface area is 238 Å². The molecule has 0 spiro atoms. The molecule has 3 aromatic rings. The maximum atomic E-state index is 13.6. The molecular formula is C31H45N5O4. The highest BCUT2D eigenvalue weighted by molar-refractivity contribution is 5.94. The first kappa shape index (κ1) is 31.0. The molecule has 2 aromatic heterocycles. The van der Waals surface area contributed by atoms with E-state index in [1.54, 1.807) is 16.5 Å². The Balaban J connectivity index is 1.79. The number of hydrogen-bond acceptors (Lipinski definition) is 7. The molecule has 0 saturated heterocycles. The summed E-state index contributed by atoms with van der Waals surface area (Å²) >= 11 is 0. The first-order valence-corrected chi connectivity index (χ1v) is 14.7. The van der Waals surface area contributed by atoms with E-state index < -0.39 is 0 Å². The van der Waals surface area contributed by atoms with Gasteiger partial charge in [-0.25, -0.2) is 4.98 Å². The topological polar surface area (TPSA) is 99.4 Å². The Bertz CT molecular complexity index is 1250. The third kappa shape index (κ3) is 8.50. The monoisotopic (exact) mass is 551 g/mol. The average molecular weight is 552 g/mol. The van der Waals surface area contributed by atoms with E-state index in [2.05, 4.69) is 30.9 Å². The van der Waals surface area contributed by atoms with Gasteiger partial charge < -0.3 is 19.2 Å². The summed E-state index contributed by atoms with van der Waals surface area (Å²) < 4.78 is 13.8. The zero-order valence-electron chi connectivity index (χ0n) is 25.0. The molecule has 2 heterocycles. The highest BCUT2D eigenvalue weighted by Crippen LogP contribution is 2.27. The van der Waals surface area contributed by atoms with Crippen LogP contribution < -0.4 is 14.4 Å². The van der Waals surface area contributed by atoms with E-state index in [9.17, 15) is 9.59 Å². The molecule has 1 amide bonds. The van der Waals surface area contributed by atoms with E-state index in [4.69, 9.17) is 14.5 Å². The fourth-order valence-electron chi connectivity index (χ4n) is 4.74. The van der Waals surface area contributed by atoms with Crippen LogP contribution in [-0.2, 0) is 29.5 Å². The summed E-state index contributed by atoms with van der Waals surface area (Å²) in [7, 11) is 1.85. The number of Topliss-reactive ketones (excluding diaryl/α,β-unsaturated/α-hetero) is 1. The van der Waals surface area contributed by atoms with Crippen molar-refractivity contribution in [2.75, 3.05) is 18.1 Å². The molecule has 1 atom stereocenters. The van der Waals surface area contributed by atoms with Crippen LogP contribution in [0.4, 0.5) is 5.69 Å². The van der Waals surface area contributed by atoms with Gasteiger partial charge in [-0.3, -0.25) is 9.48 Å². The number of amides is 1. The van der Waals surface area contributed by atoms with Crippen molar-refractivity contribution < 1.29 is 19.1 Å². The summed E-state index contributed by atoms with van der Waals surface area (Å²) in [5, 5.41) is 4.64. The van der Waals surface area contributed by atoms with Gasteiger partial charge in [0.2, 0.25) is 5.88 Å². The molecule has 9 heteroatoms. The average Bonchev–Trinajstić information content (AvgIpc) is 3.24. The van der Waals surface area contributed by atoms with E-state index in [-0.39, 0.29) is 24.4 Å². The molecule has 0 aliphatic rings. The minimum absolute atomic E-state index is 0.130. The second-order valence-corrected chi connectivity index (χ2v) is 10.4. The third-order valence-electron chi connectivity index (χ3n) is 6.79. The van der Waals surface area contributed by atoms with Crippen molar-refractivity contribution >= 4 is 28.4 Å². The van der Waals surface area contributed by atoms with Crippen LogP contribution in [0, 0.1) is 0 Å². The molecule has 1 aromatic carbocycles. The lowest BCUT2D eigenvalue weighted by Crippen LogP contribution is -2.36. The lowest BCUT2D eigenvalue weighted by Gasteiger charge is -2.24. The minimum Gasteiger partial charge on any atom is -0.491 e. The molecular weight excluding hydrogens is 506 g/mol. The SMILES string of the molecule is CCCc1nn(C)c2c(OCC(=O)N(CCCCCC(C)=O)c3ccc(OC(C)CCC)cc3)nc(CC)nc12.